The number of nitriles is 1. The number of hydrogen-bond donors (Lipinski definition) is 0. The Kier molecular flexibility index (Phi) is 3.72. The molecular weight excluding hydrogens is 250 g/mol. The molecule has 0 aromatic heterocycles. The summed E-state index contributed by atoms with van der Waals surface area (Å²) in [5.41, 5.74) is 0.555. The minimum atomic E-state index is -2.23. The molecule has 0 N–H and O–H groups in total. The summed E-state index contributed by atoms with van der Waals surface area (Å²) in [4.78, 5) is 0.210. The zero-order valence-corrected chi connectivity index (χ0v) is 10.0. The van der Waals surface area contributed by atoms with Gasteiger partial charge in [0, 0.05) is 4.90 Å². The minimum absolute atomic E-state index is 0.210. The number of ether oxygens (including phenoxy) is 1. The van der Waals surface area contributed by atoms with Crippen molar-refractivity contribution in [1.29, 1.82) is 5.26 Å². The van der Waals surface area contributed by atoms with Crippen molar-refractivity contribution in [3.63, 3.8) is 0 Å². The lowest BCUT2D eigenvalue weighted by molar-refractivity contribution is 0.482. The summed E-state index contributed by atoms with van der Waals surface area (Å²) >= 11 is -2.23. The predicted octanol–water partition coefficient (Wildman–Crippen LogP) is 2.59. The Balaban J connectivity index is 2.13. The molecule has 5 heteroatoms. The fourth-order valence-corrected chi connectivity index (χ4v) is 1.71. The number of nitrogens with zero attached hydrogens (tertiary/aromatic N) is 1. The summed E-state index contributed by atoms with van der Waals surface area (Å²) in [6.07, 6.45) is 0. The van der Waals surface area contributed by atoms with Crippen LogP contribution in [0.4, 0.5) is 0 Å². The molecule has 0 aliphatic carbocycles. The molecule has 0 amide bonds. The molecule has 0 fully saturated rings. The van der Waals surface area contributed by atoms with Gasteiger partial charge >= 0.3 is 0 Å². The van der Waals surface area contributed by atoms with E-state index in [1.54, 1.807) is 36.4 Å². The van der Waals surface area contributed by atoms with E-state index >= 15 is 0 Å². The highest BCUT2D eigenvalue weighted by Crippen LogP contribution is 2.22. The molecule has 0 bridgehead atoms. The van der Waals surface area contributed by atoms with Crippen LogP contribution in [0.2, 0.25) is 0 Å². The van der Waals surface area contributed by atoms with Crippen LogP contribution < -0.4 is 4.74 Å². The van der Waals surface area contributed by atoms with E-state index in [0.29, 0.717) is 17.1 Å². The molecule has 0 saturated heterocycles. The van der Waals surface area contributed by atoms with Gasteiger partial charge in [-0.15, -0.1) is 0 Å². The van der Waals surface area contributed by atoms with Crippen molar-refractivity contribution < 1.29 is 13.5 Å². The fourth-order valence-electron chi connectivity index (χ4n) is 1.35. The van der Waals surface area contributed by atoms with E-state index in [1.165, 1.54) is 12.1 Å². The molecule has 0 heterocycles. The Hall–Kier alpha value is -2.16. The van der Waals surface area contributed by atoms with E-state index in [1.807, 2.05) is 6.07 Å². The summed E-state index contributed by atoms with van der Waals surface area (Å²) < 4.78 is 26.8. The minimum Gasteiger partial charge on any atom is -0.768 e. The van der Waals surface area contributed by atoms with Crippen molar-refractivity contribution in [3.05, 3.63) is 54.1 Å². The zero-order chi connectivity index (χ0) is 13.0. The summed E-state index contributed by atoms with van der Waals surface area (Å²) in [7, 11) is 0. The van der Waals surface area contributed by atoms with Gasteiger partial charge in [-0.05, 0) is 59.6 Å². The average molecular weight is 258 g/mol. The van der Waals surface area contributed by atoms with Gasteiger partial charge in [0.2, 0.25) is 0 Å². The SMILES string of the molecule is N#Cc1ccc(Oc2ccc(S(=O)[O-])cc2)cc1. The van der Waals surface area contributed by atoms with Crippen LogP contribution in [-0.4, -0.2) is 8.76 Å². The smallest absolute Gasteiger partial charge is 0.127 e. The number of benzene rings is 2. The fraction of sp³-hybridized carbons (Fsp3) is 0. The van der Waals surface area contributed by atoms with Crippen LogP contribution in [0.15, 0.2) is 53.4 Å². The first-order valence-corrected chi connectivity index (χ1v) is 6.14. The third-order valence-electron chi connectivity index (χ3n) is 2.24. The van der Waals surface area contributed by atoms with E-state index in [0.717, 1.165) is 0 Å². The molecule has 90 valence electrons. The average Bonchev–Trinajstić information content (AvgIpc) is 2.40. The van der Waals surface area contributed by atoms with Crippen molar-refractivity contribution in [2.75, 3.05) is 0 Å². The molecule has 1 atom stereocenters. The van der Waals surface area contributed by atoms with Gasteiger partial charge in [-0.2, -0.15) is 5.26 Å². The zero-order valence-electron chi connectivity index (χ0n) is 9.20. The van der Waals surface area contributed by atoms with Gasteiger partial charge in [-0.1, -0.05) is 0 Å². The molecule has 0 aliphatic heterocycles. The Morgan fingerprint density at radius 3 is 1.94 bits per heavy atom. The summed E-state index contributed by atoms with van der Waals surface area (Å²) in [6, 6.07) is 14.7. The van der Waals surface area contributed by atoms with Crippen LogP contribution >= 0.6 is 0 Å². The monoisotopic (exact) mass is 258 g/mol. The molecule has 0 aliphatic rings. The third-order valence-corrected chi connectivity index (χ3v) is 2.89. The van der Waals surface area contributed by atoms with Crippen LogP contribution in [0, 0.1) is 11.3 Å². The highest BCUT2D eigenvalue weighted by atomic mass is 32.2. The van der Waals surface area contributed by atoms with Crippen molar-refractivity contribution in [1.82, 2.24) is 0 Å². The van der Waals surface area contributed by atoms with Gasteiger partial charge < -0.3 is 9.29 Å². The van der Waals surface area contributed by atoms with Crippen molar-refractivity contribution in [2.24, 2.45) is 0 Å². The van der Waals surface area contributed by atoms with E-state index in [-0.39, 0.29) is 4.90 Å². The largest absolute Gasteiger partial charge is 0.768 e. The molecule has 0 saturated carbocycles. The lowest BCUT2D eigenvalue weighted by atomic mass is 10.2. The topological polar surface area (TPSA) is 73.1 Å². The maximum atomic E-state index is 10.7. The molecular formula is C13H8NO3S-. The lowest BCUT2D eigenvalue weighted by Crippen LogP contribution is -1.89. The maximum Gasteiger partial charge on any atom is 0.127 e. The van der Waals surface area contributed by atoms with Gasteiger partial charge in [0.25, 0.3) is 0 Å². The molecule has 18 heavy (non-hydrogen) atoms. The van der Waals surface area contributed by atoms with E-state index in [2.05, 4.69) is 0 Å². The van der Waals surface area contributed by atoms with Gasteiger partial charge in [0.05, 0.1) is 11.6 Å². The number of rotatable bonds is 3. The molecule has 0 spiro atoms. The second kappa shape index (κ2) is 5.45. The van der Waals surface area contributed by atoms with Crippen molar-refractivity contribution >= 4 is 11.1 Å². The Morgan fingerprint density at radius 2 is 1.50 bits per heavy atom. The first-order valence-electron chi connectivity index (χ1n) is 5.06. The number of hydrogen-bond acceptors (Lipinski definition) is 4. The predicted molar refractivity (Wildman–Crippen MR) is 64.9 cm³/mol. The third kappa shape index (κ3) is 2.94. The van der Waals surface area contributed by atoms with E-state index in [4.69, 9.17) is 10.00 Å². The van der Waals surface area contributed by atoms with Gasteiger partial charge in [-0.3, -0.25) is 4.21 Å². The van der Waals surface area contributed by atoms with Crippen LogP contribution in [0.3, 0.4) is 0 Å². The van der Waals surface area contributed by atoms with Crippen LogP contribution in [0.5, 0.6) is 11.5 Å². The van der Waals surface area contributed by atoms with Gasteiger partial charge in [0.15, 0.2) is 0 Å². The Morgan fingerprint density at radius 1 is 1.00 bits per heavy atom. The molecule has 2 aromatic carbocycles. The normalized spacial score (nSPS) is 11.6. The van der Waals surface area contributed by atoms with E-state index < -0.39 is 11.1 Å². The quantitative estimate of drug-likeness (QED) is 0.793. The highest BCUT2D eigenvalue weighted by molar-refractivity contribution is 7.79. The molecule has 4 nitrogen and oxygen atoms in total. The lowest BCUT2D eigenvalue weighted by Gasteiger charge is -2.08. The first-order chi connectivity index (χ1) is 8.69. The first kappa shape index (κ1) is 12.3. The second-order valence-corrected chi connectivity index (χ2v) is 4.39. The van der Waals surface area contributed by atoms with Crippen LogP contribution in [-0.2, 0) is 11.1 Å². The van der Waals surface area contributed by atoms with Crippen molar-refractivity contribution in [2.45, 2.75) is 4.90 Å². The van der Waals surface area contributed by atoms with Crippen molar-refractivity contribution in [3.8, 4) is 17.6 Å². The molecule has 2 aromatic rings. The summed E-state index contributed by atoms with van der Waals surface area (Å²) in [5.74, 6) is 1.12. The molecule has 2 rings (SSSR count). The standard InChI is InChI=1S/C13H9NO3S/c14-9-10-1-3-11(4-2-10)17-12-5-7-13(8-6-12)18(15)16/h1-8H,(H,15,16)/p-1. The summed E-state index contributed by atoms with van der Waals surface area (Å²) in [5, 5.41) is 8.65. The molecule has 0 radical (unpaired) electrons. The maximum absolute atomic E-state index is 10.7. The Labute approximate surface area is 107 Å². The molecule has 1 unspecified atom stereocenters. The highest BCUT2D eigenvalue weighted by Gasteiger charge is 1.98. The second-order valence-electron chi connectivity index (χ2n) is 3.44. The van der Waals surface area contributed by atoms with Crippen LogP contribution in [0.25, 0.3) is 0 Å². The van der Waals surface area contributed by atoms with E-state index in [9.17, 15) is 8.76 Å². The van der Waals surface area contributed by atoms with Gasteiger partial charge in [-0.25, -0.2) is 0 Å². The van der Waals surface area contributed by atoms with Crippen LogP contribution in [0.1, 0.15) is 5.56 Å². The Bertz CT molecular complexity index is 600. The van der Waals surface area contributed by atoms with Gasteiger partial charge in [0.1, 0.15) is 11.5 Å². The summed E-state index contributed by atoms with van der Waals surface area (Å²) in [6.45, 7) is 0.